The van der Waals surface area contributed by atoms with Crippen LogP contribution in [0.3, 0.4) is 0 Å². The van der Waals surface area contributed by atoms with Crippen molar-refractivity contribution in [1.82, 2.24) is 24.5 Å². The van der Waals surface area contributed by atoms with Crippen LogP contribution in [0.5, 0.6) is 0 Å². The van der Waals surface area contributed by atoms with Crippen molar-refractivity contribution in [3.05, 3.63) is 57.6 Å². The van der Waals surface area contributed by atoms with Crippen LogP contribution in [-0.4, -0.2) is 50.0 Å². The molecule has 0 N–H and O–H groups in total. The normalized spacial score (nSPS) is 10.9. The number of aromatic nitrogens is 4. The predicted molar refractivity (Wildman–Crippen MR) is 110 cm³/mol. The summed E-state index contributed by atoms with van der Waals surface area (Å²) in [7, 11) is 1.68. The van der Waals surface area contributed by atoms with E-state index in [1.54, 1.807) is 11.6 Å². The first-order valence-electron chi connectivity index (χ1n) is 9.15. The average molecular weight is 460 g/mol. The number of halogens is 1. The highest BCUT2D eigenvalue weighted by molar-refractivity contribution is 9.10. The lowest BCUT2D eigenvalue weighted by molar-refractivity contribution is -0.151. The van der Waals surface area contributed by atoms with Crippen LogP contribution in [0.4, 0.5) is 0 Å². The average Bonchev–Trinajstić information content (AvgIpc) is 3.16. The van der Waals surface area contributed by atoms with Gasteiger partial charge in [0.2, 0.25) is 0 Å². The van der Waals surface area contributed by atoms with Crippen molar-refractivity contribution in [2.75, 3.05) is 13.7 Å². The van der Waals surface area contributed by atoms with E-state index in [9.17, 15) is 9.59 Å². The quantitative estimate of drug-likeness (QED) is 0.504. The number of hydrogen-bond acceptors (Lipinski definition) is 6. The minimum absolute atomic E-state index is 0.158. The number of ether oxygens (including phenoxy) is 1. The molecule has 1 amide bonds. The molecule has 0 aliphatic rings. The zero-order valence-corrected chi connectivity index (χ0v) is 18.1. The zero-order valence-electron chi connectivity index (χ0n) is 16.6. The molecule has 0 saturated carbocycles. The lowest BCUT2D eigenvalue weighted by Gasteiger charge is -2.18. The Balaban J connectivity index is 1.51. The molecule has 0 fully saturated rings. The third-order valence-electron chi connectivity index (χ3n) is 4.72. The summed E-state index contributed by atoms with van der Waals surface area (Å²) in [4.78, 5) is 34.4. The molecule has 0 radical (unpaired) electrons. The fraction of sp³-hybridized carbons (Fsp3) is 0.350. The fourth-order valence-corrected chi connectivity index (χ4v) is 3.45. The summed E-state index contributed by atoms with van der Waals surface area (Å²) < 4.78 is 7.75. The van der Waals surface area contributed by atoms with Crippen molar-refractivity contribution < 1.29 is 14.3 Å². The third kappa shape index (κ3) is 4.97. The van der Waals surface area contributed by atoms with Gasteiger partial charge in [0, 0.05) is 35.9 Å². The standard InChI is InChI=1S/C20H22BrN5O3/c1-13-16(14(2)26-20(24-13)22-12-23-26)8-9-19(28)29-11-18(27)25(3)10-15-6-4-5-7-17(15)21/h4-7,12H,8-11H2,1-3H3. The summed E-state index contributed by atoms with van der Waals surface area (Å²) in [6.45, 7) is 3.94. The summed E-state index contributed by atoms with van der Waals surface area (Å²) in [6.07, 6.45) is 2.06. The maximum Gasteiger partial charge on any atom is 0.306 e. The van der Waals surface area contributed by atoms with Gasteiger partial charge in [-0.15, -0.1) is 0 Å². The van der Waals surface area contributed by atoms with Gasteiger partial charge in [0.1, 0.15) is 6.33 Å². The molecule has 2 aromatic heterocycles. The van der Waals surface area contributed by atoms with Gasteiger partial charge < -0.3 is 9.64 Å². The number of nitrogens with zero attached hydrogens (tertiary/aromatic N) is 5. The molecule has 0 saturated heterocycles. The molecule has 0 unspecified atom stereocenters. The van der Waals surface area contributed by atoms with E-state index in [-0.39, 0.29) is 18.9 Å². The highest BCUT2D eigenvalue weighted by atomic mass is 79.9. The van der Waals surface area contributed by atoms with Crippen molar-refractivity contribution in [3.63, 3.8) is 0 Å². The number of carbonyl (C=O) groups is 2. The Kier molecular flexibility index (Phi) is 6.58. The molecule has 3 aromatic rings. The van der Waals surface area contributed by atoms with E-state index in [2.05, 4.69) is 31.0 Å². The number of amides is 1. The highest BCUT2D eigenvalue weighted by Crippen LogP contribution is 2.18. The largest absolute Gasteiger partial charge is 0.456 e. The van der Waals surface area contributed by atoms with E-state index in [4.69, 9.17) is 4.74 Å². The van der Waals surface area contributed by atoms with Crippen LogP contribution in [0.2, 0.25) is 0 Å². The molecule has 152 valence electrons. The number of benzene rings is 1. The van der Waals surface area contributed by atoms with Crippen molar-refractivity contribution in [3.8, 4) is 0 Å². The minimum atomic E-state index is -0.426. The second-order valence-corrected chi connectivity index (χ2v) is 7.59. The Bertz CT molecular complexity index is 1050. The van der Waals surface area contributed by atoms with Gasteiger partial charge in [0.05, 0.1) is 0 Å². The smallest absolute Gasteiger partial charge is 0.306 e. The Morgan fingerprint density at radius 1 is 1.24 bits per heavy atom. The molecule has 3 rings (SSSR count). The van der Waals surface area contributed by atoms with Crippen LogP contribution >= 0.6 is 15.9 Å². The molecule has 2 heterocycles. The third-order valence-corrected chi connectivity index (χ3v) is 5.49. The first kappa shape index (κ1) is 20.9. The van der Waals surface area contributed by atoms with E-state index >= 15 is 0 Å². The fourth-order valence-electron chi connectivity index (χ4n) is 3.04. The van der Waals surface area contributed by atoms with Gasteiger partial charge in [0.15, 0.2) is 6.61 Å². The Hall–Kier alpha value is -2.81. The van der Waals surface area contributed by atoms with Gasteiger partial charge in [-0.2, -0.15) is 10.1 Å². The number of likely N-dealkylation sites (N-methyl/N-ethyl adjacent to an activating group) is 1. The van der Waals surface area contributed by atoms with Crippen LogP contribution in [0, 0.1) is 13.8 Å². The van der Waals surface area contributed by atoms with Gasteiger partial charge in [-0.3, -0.25) is 9.59 Å². The summed E-state index contributed by atoms with van der Waals surface area (Å²) in [5.41, 5.74) is 3.61. The van der Waals surface area contributed by atoms with E-state index in [0.29, 0.717) is 18.7 Å². The number of fused-ring (bicyclic) bond motifs is 1. The van der Waals surface area contributed by atoms with Gasteiger partial charge in [-0.05, 0) is 37.5 Å². The molecule has 0 spiro atoms. The van der Waals surface area contributed by atoms with Crippen LogP contribution in [0.1, 0.15) is 28.9 Å². The summed E-state index contributed by atoms with van der Waals surface area (Å²) >= 11 is 3.46. The topological polar surface area (TPSA) is 89.7 Å². The summed E-state index contributed by atoms with van der Waals surface area (Å²) in [5.74, 6) is -0.151. The van der Waals surface area contributed by atoms with Gasteiger partial charge in [0.25, 0.3) is 11.7 Å². The van der Waals surface area contributed by atoms with Crippen LogP contribution in [-0.2, 0) is 27.3 Å². The Morgan fingerprint density at radius 3 is 2.76 bits per heavy atom. The maximum atomic E-state index is 12.3. The monoisotopic (exact) mass is 459 g/mol. The molecule has 0 aliphatic carbocycles. The highest BCUT2D eigenvalue weighted by Gasteiger charge is 2.16. The van der Waals surface area contributed by atoms with Crippen molar-refractivity contribution in [2.24, 2.45) is 0 Å². The van der Waals surface area contributed by atoms with Crippen LogP contribution in [0.25, 0.3) is 5.78 Å². The van der Waals surface area contributed by atoms with Crippen molar-refractivity contribution in [1.29, 1.82) is 0 Å². The number of hydrogen-bond donors (Lipinski definition) is 0. The molecule has 9 heteroatoms. The number of esters is 1. The Morgan fingerprint density at radius 2 is 2.00 bits per heavy atom. The molecule has 1 aromatic carbocycles. The van der Waals surface area contributed by atoms with Crippen LogP contribution in [0.15, 0.2) is 35.1 Å². The lowest BCUT2D eigenvalue weighted by Crippen LogP contribution is -2.31. The number of carbonyl (C=O) groups excluding carboxylic acids is 2. The molecule has 0 bridgehead atoms. The number of rotatable bonds is 7. The minimum Gasteiger partial charge on any atom is -0.456 e. The van der Waals surface area contributed by atoms with E-state index in [1.165, 1.54) is 11.2 Å². The Labute approximate surface area is 177 Å². The predicted octanol–water partition coefficient (Wildman–Crippen LogP) is 2.64. The van der Waals surface area contributed by atoms with E-state index < -0.39 is 5.97 Å². The first-order valence-corrected chi connectivity index (χ1v) is 9.95. The first-order chi connectivity index (χ1) is 13.9. The van der Waals surface area contributed by atoms with Crippen LogP contribution < -0.4 is 0 Å². The second-order valence-electron chi connectivity index (χ2n) is 6.73. The molecule has 0 atom stereocenters. The van der Waals surface area contributed by atoms with E-state index in [1.807, 2.05) is 38.1 Å². The number of aryl methyl sites for hydroxylation is 2. The zero-order chi connectivity index (χ0) is 21.0. The summed E-state index contributed by atoms with van der Waals surface area (Å²) in [6, 6.07) is 7.68. The van der Waals surface area contributed by atoms with E-state index in [0.717, 1.165) is 27.0 Å². The van der Waals surface area contributed by atoms with Crippen molar-refractivity contribution >= 4 is 33.6 Å². The van der Waals surface area contributed by atoms with Gasteiger partial charge >= 0.3 is 5.97 Å². The SMILES string of the molecule is Cc1nc2ncnn2c(C)c1CCC(=O)OCC(=O)N(C)Cc1ccccc1Br. The molecular formula is C20H22BrN5O3. The van der Waals surface area contributed by atoms with Gasteiger partial charge in [-0.1, -0.05) is 34.1 Å². The van der Waals surface area contributed by atoms with Crippen molar-refractivity contribution in [2.45, 2.75) is 33.2 Å². The molecule has 8 nitrogen and oxygen atoms in total. The molecule has 29 heavy (non-hydrogen) atoms. The van der Waals surface area contributed by atoms with Gasteiger partial charge in [-0.25, -0.2) is 9.50 Å². The molecular weight excluding hydrogens is 438 g/mol. The lowest BCUT2D eigenvalue weighted by atomic mass is 10.1. The summed E-state index contributed by atoms with van der Waals surface area (Å²) in [5, 5.41) is 4.14. The second kappa shape index (κ2) is 9.13. The molecule has 0 aliphatic heterocycles. The maximum absolute atomic E-state index is 12.3.